The maximum Gasteiger partial charge on any atom is 0.335 e. The molecule has 2 rings (SSSR count). The van der Waals surface area contributed by atoms with Gasteiger partial charge < -0.3 is 5.11 Å². The summed E-state index contributed by atoms with van der Waals surface area (Å²) >= 11 is 0. The summed E-state index contributed by atoms with van der Waals surface area (Å²) in [5.74, 6) is -2.06. The summed E-state index contributed by atoms with van der Waals surface area (Å²) in [7, 11) is 1.76. The summed E-state index contributed by atoms with van der Waals surface area (Å²) in [6, 6.07) is 10.1. The van der Waals surface area contributed by atoms with Gasteiger partial charge in [0.05, 0.1) is 5.56 Å². The lowest BCUT2D eigenvalue weighted by molar-refractivity contribution is 0.0696. The second-order valence-electron chi connectivity index (χ2n) is 4.92. The summed E-state index contributed by atoms with van der Waals surface area (Å²) in [5.41, 5.74) is 0.977. The van der Waals surface area contributed by atoms with E-state index in [9.17, 15) is 13.6 Å². The van der Waals surface area contributed by atoms with E-state index in [0.717, 1.165) is 6.07 Å². The second kappa shape index (κ2) is 6.45. The van der Waals surface area contributed by atoms with Crippen molar-refractivity contribution in [3.63, 3.8) is 0 Å². The molecule has 0 unspecified atom stereocenters. The summed E-state index contributed by atoms with van der Waals surface area (Å²) < 4.78 is 26.9. The number of carboxylic acid groups (broad SMARTS) is 1. The smallest absolute Gasteiger partial charge is 0.335 e. The number of aromatic carboxylic acids is 1. The van der Waals surface area contributed by atoms with E-state index in [2.05, 4.69) is 0 Å². The Morgan fingerprint density at radius 3 is 2.52 bits per heavy atom. The predicted octanol–water partition coefficient (Wildman–Crippen LogP) is 3.30. The van der Waals surface area contributed by atoms with Crippen molar-refractivity contribution >= 4 is 5.97 Å². The van der Waals surface area contributed by atoms with E-state index in [1.165, 1.54) is 18.2 Å². The monoisotopic (exact) mass is 291 g/mol. The Balaban J connectivity index is 2.11. The van der Waals surface area contributed by atoms with Gasteiger partial charge in [0.2, 0.25) is 0 Å². The van der Waals surface area contributed by atoms with Crippen LogP contribution in [0.4, 0.5) is 8.78 Å². The number of rotatable bonds is 5. The molecule has 0 saturated heterocycles. The first kappa shape index (κ1) is 15.1. The fraction of sp³-hybridized carbons (Fsp3) is 0.188. The molecule has 0 radical (unpaired) electrons. The topological polar surface area (TPSA) is 40.5 Å². The van der Waals surface area contributed by atoms with Gasteiger partial charge in [0, 0.05) is 18.7 Å². The summed E-state index contributed by atoms with van der Waals surface area (Å²) in [6.07, 6.45) is 0. The van der Waals surface area contributed by atoms with Gasteiger partial charge in [-0.1, -0.05) is 18.2 Å². The Kier molecular flexibility index (Phi) is 4.65. The van der Waals surface area contributed by atoms with Gasteiger partial charge in [0.15, 0.2) is 0 Å². The normalized spacial score (nSPS) is 10.9. The van der Waals surface area contributed by atoms with Crippen molar-refractivity contribution in [2.75, 3.05) is 7.05 Å². The highest BCUT2D eigenvalue weighted by Crippen LogP contribution is 2.14. The van der Waals surface area contributed by atoms with Gasteiger partial charge in [0.25, 0.3) is 0 Å². The molecule has 0 spiro atoms. The number of nitrogens with zero attached hydrogens (tertiary/aromatic N) is 1. The molecule has 0 aromatic heterocycles. The number of benzene rings is 2. The van der Waals surface area contributed by atoms with E-state index in [1.54, 1.807) is 30.1 Å². The minimum absolute atomic E-state index is 0.0932. The van der Waals surface area contributed by atoms with Crippen LogP contribution in [-0.4, -0.2) is 23.0 Å². The molecule has 0 fully saturated rings. The minimum Gasteiger partial charge on any atom is -0.478 e. The third kappa shape index (κ3) is 4.10. The molecule has 0 bridgehead atoms. The van der Waals surface area contributed by atoms with Crippen molar-refractivity contribution in [2.24, 2.45) is 0 Å². The Labute approximate surface area is 121 Å². The van der Waals surface area contributed by atoms with Crippen LogP contribution in [0.2, 0.25) is 0 Å². The maximum atomic E-state index is 13.6. The lowest BCUT2D eigenvalue weighted by atomic mass is 10.1. The van der Waals surface area contributed by atoms with Gasteiger partial charge in [-0.25, -0.2) is 13.6 Å². The summed E-state index contributed by atoms with van der Waals surface area (Å²) in [5, 5.41) is 8.91. The van der Waals surface area contributed by atoms with E-state index in [0.29, 0.717) is 24.2 Å². The number of hydrogen-bond acceptors (Lipinski definition) is 2. The quantitative estimate of drug-likeness (QED) is 0.919. The van der Waals surface area contributed by atoms with Crippen LogP contribution in [0.15, 0.2) is 42.5 Å². The highest BCUT2D eigenvalue weighted by Gasteiger charge is 2.10. The first-order chi connectivity index (χ1) is 9.95. The molecule has 110 valence electrons. The van der Waals surface area contributed by atoms with Gasteiger partial charge in [-0.05, 0) is 36.9 Å². The van der Waals surface area contributed by atoms with E-state index in [-0.39, 0.29) is 11.4 Å². The second-order valence-corrected chi connectivity index (χ2v) is 4.92. The minimum atomic E-state index is -1.17. The zero-order valence-corrected chi connectivity index (χ0v) is 11.5. The van der Waals surface area contributed by atoms with E-state index in [1.807, 2.05) is 0 Å². The Hall–Kier alpha value is -2.27. The third-order valence-electron chi connectivity index (χ3n) is 3.06. The molecule has 5 heteroatoms. The molecule has 0 aliphatic rings. The molecule has 3 nitrogen and oxygen atoms in total. The van der Waals surface area contributed by atoms with Crippen LogP contribution in [0.5, 0.6) is 0 Å². The van der Waals surface area contributed by atoms with Gasteiger partial charge >= 0.3 is 5.97 Å². The van der Waals surface area contributed by atoms with Crippen LogP contribution < -0.4 is 0 Å². The lowest BCUT2D eigenvalue weighted by Gasteiger charge is -2.17. The molecule has 1 N–H and O–H groups in total. The van der Waals surface area contributed by atoms with E-state index >= 15 is 0 Å². The van der Waals surface area contributed by atoms with Crippen LogP contribution in [0, 0.1) is 11.6 Å². The third-order valence-corrected chi connectivity index (χ3v) is 3.06. The van der Waals surface area contributed by atoms with Crippen LogP contribution in [0.25, 0.3) is 0 Å². The van der Waals surface area contributed by atoms with E-state index in [4.69, 9.17) is 5.11 Å². The number of halogens is 2. The van der Waals surface area contributed by atoms with Crippen molar-refractivity contribution in [3.05, 3.63) is 70.8 Å². The maximum absolute atomic E-state index is 13.6. The average molecular weight is 291 g/mol. The zero-order valence-electron chi connectivity index (χ0n) is 11.5. The van der Waals surface area contributed by atoms with Gasteiger partial charge in [-0.2, -0.15) is 0 Å². The first-order valence-electron chi connectivity index (χ1n) is 6.40. The van der Waals surface area contributed by atoms with Gasteiger partial charge in [0.1, 0.15) is 11.6 Å². The predicted molar refractivity (Wildman–Crippen MR) is 74.9 cm³/mol. The number of hydrogen-bond donors (Lipinski definition) is 1. The Morgan fingerprint density at radius 1 is 1.14 bits per heavy atom. The first-order valence-corrected chi connectivity index (χ1v) is 6.40. The van der Waals surface area contributed by atoms with E-state index < -0.39 is 11.8 Å². The molecule has 0 atom stereocenters. The fourth-order valence-electron chi connectivity index (χ4n) is 2.15. The molecule has 0 aliphatic heterocycles. The van der Waals surface area contributed by atoms with Crippen LogP contribution in [-0.2, 0) is 13.1 Å². The molecular weight excluding hydrogens is 276 g/mol. The number of carbonyl (C=O) groups is 1. The van der Waals surface area contributed by atoms with Crippen LogP contribution >= 0.6 is 0 Å². The average Bonchev–Trinajstić information content (AvgIpc) is 2.40. The molecular formula is C16H15F2NO2. The SMILES string of the molecule is CN(Cc1cc(F)cc(C(=O)O)c1)Cc1ccccc1F. The van der Waals surface area contributed by atoms with Crippen LogP contribution in [0.1, 0.15) is 21.5 Å². The molecule has 0 heterocycles. The van der Waals surface area contributed by atoms with Crippen molar-refractivity contribution in [2.45, 2.75) is 13.1 Å². The Bertz CT molecular complexity index is 658. The molecule has 0 amide bonds. The summed E-state index contributed by atoms with van der Waals surface area (Å²) in [4.78, 5) is 12.7. The molecule has 2 aromatic carbocycles. The molecule has 0 saturated carbocycles. The van der Waals surface area contributed by atoms with Crippen molar-refractivity contribution in [1.29, 1.82) is 0 Å². The molecule has 2 aromatic rings. The van der Waals surface area contributed by atoms with Gasteiger partial charge in [-0.3, -0.25) is 4.90 Å². The standard InChI is InChI=1S/C16H15F2NO2/c1-19(10-12-4-2-3-5-15(12)18)9-11-6-13(16(20)21)8-14(17)7-11/h2-8H,9-10H2,1H3,(H,20,21). The molecule has 21 heavy (non-hydrogen) atoms. The largest absolute Gasteiger partial charge is 0.478 e. The van der Waals surface area contributed by atoms with Crippen molar-refractivity contribution in [3.8, 4) is 0 Å². The zero-order chi connectivity index (χ0) is 15.4. The van der Waals surface area contributed by atoms with Gasteiger partial charge in [-0.15, -0.1) is 0 Å². The number of carboxylic acids is 1. The lowest BCUT2D eigenvalue weighted by Crippen LogP contribution is -2.18. The van der Waals surface area contributed by atoms with Crippen molar-refractivity contribution in [1.82, 2.24) is 4.90 Å². The van der Waals surface area contributed by atoms with Crippen LogP contribution in [0.3, 0.4) is 0 Å². The fourth-order valence-corrected chi connectivity index (χ4v) is 2.15. The highest BCUT2D eigenvalue weighted by molar-refractivity contribution is 5.87. The summed E-state index contributed by atoms with van der Waals surface area (Å²) in [6.45, 7) is 0.679. The molecule has 0 aliphatic carbocycles. The van der Waals surface area contributed by atoms with Crippen molar-refractivity contribution < 1.29 is 18.7 Å². The Morgan fingerprint density at radius 2 is 1.86 bits per heavy atom. The highest BCUT2D eigenvalue weighted by atomic mass is 19.1.